The molecule has 2 rings (SSSR count). The Morgan fingerprint density at radius 3 is 2.63 bits per heavy atom. The van der Waals surface area contributed by atoms with Crippen LogP contribution in [0.1, 0.15) is 50.9 Å². The minimum atomic E-state index is 0.312. The number of nitrogens with two attached hydrogens (primary N) is 1. The molecule has 5 heteroatoms. The zero-order chi connectivity index (χ0) is 13.8. The first-order valence-corrected chi connectivity index (χ1v) is 7.79. The van der Waals surface area contributed by atoms with Gasteiger partial charge >= 0.3 is 0 Å². The van der Waals surface area contributed by atoms with E-state index in [-0.39, 0.29) is 0 Å². The van der Waals surface area contributed by atoms with Gasteiger partial charge in [-0.15, -0.1) is 0 Å². The highest BCUT2D eigenvalue weighted by molar-refractivity contribution is 6.31. The number of nitrogens with one attached hydrogen (secondary N) is 1. The molecule has 1 aliphatic rings. The van der Waals surface area contributed by atoms with Gasteiger partial charge in [0.05, 0.1) is 16.4 Å². The van der Waals surface area contributed by atoms with Gasteiger partial charge in [0.2, 0.25) is 0 Å². The molecule has 1 heterocycles. The summed E-state index contributed by atoms with van der Waals surface area (Å²) in [4.78, 5) is 0. The molecule has 0 bridgehead atoms. The molecule has 19 heavy (non-hydrogen) atoms. The number of hydrazine groups is 1. The van der Waals surface area contributed by atoms with Gasteiger partial charge in [0, 0.05) is 19.0 Å². The second-order valence-electron chi connectivity index (χ2n) is 5.40. The van der Waals surface area contributed by atoms with Crippen molar-refractivity contribution in [1.82, 2.24) is 15.2 Å². The van der Waals surface area contributed by atoms with E-state index < -0.39 is 0 Å². The minimum Gasteiger partial charge on any atom is -0.271 e. The summed E-state index contributed by atoms with van der Waals surface area (Å²) >= 11 is 6.46. The van der Waals surface area contributed by atoms with Crippen molar-refractivity contribution < 1.29 is 0 Å². The van der Waals surface area contributed by atoms with Crippen molar-refractivity contribution in [1.29, 1.82) is 0 Å². The second-order valence-corrected chi connectivity index (χ2v) is 5.78. The summed E-state index contributed by atoms with van der Waals surface area (Å²) in [6, 6.07) is 0.312. The molecule has 1 unspecified atom stereocenters. The van der Waals surface area contributed by atoms with Crippen molar-refractivity contribution in [3.8, 4) is 0 Å². The second kappa shape index (κ2) is 6.73. The van der Waals surface area contributed by atoms with Crippen molar-refractivity contribution in [2.24, 2.45) is 11.8 Å². The topological polar surface area (TPSA) is 55.9 Å². The van der Waals surface area contributed by atoms with Crippen LogP contribution in [0.15, 0.2) is 0 Å². The Hall–Kier alpha value is -0.580. The van der Waals surface area contributed by atoms with Crippen LogP contribution in [0, 0.1) is 5.92 Å². The number of halogens is 1. The molecule has 108 valence electrons. The van der Waals surface area contributed by atoms with Crippen LogP contribution in [-0.4, -0.2) is 15.8 Å². The number of hydrogen-bond acceptors (Lipinski definition) is 3. The van der Waals surface area contributed by atoms with E-state index >= 15 is 0 Å². The molecule has 0 aliphatic heterocycles. The van der Waals surface area contributed by atoms with Gasteiger partial charge in [-0.2, -0.15) is 5.10 Å². The lowest BCUT2D eigenvalue weighted by atomic mass is 9.94. The smallest absolute Gasteiger partial charge is 0.0850 e. The zero-order valence-electron chi connectivity index (χ0n) is 12.0. The van der Waals surface area contributed by atoms with Crippen LogP contribution in [-0.2, 0) is 19.4 Å². The number of rotatable bonds is 6. The summed E-state index contributed by atoms with van der Waals surface area (Å²) in [6.45, 7) is 5.05. The third-order valence-corrected chi connectivity index (χ3v) is 4.73. The molecule has 0 spiro atoms. The van der Waals surface area contributed by atoms with E-state index in [0.717, 1.165) is 35.8 Å². The zero-order valence-corrected chi connectivity index (χ0v) is 12.7. The Balaban J connectivity index is 2.18. The van der Waals surface area contributed by atoms with Crippen LogP contribution in [0.2, 0.25) is 5.02 Å². The van der Waals surface area contributed by atoms with Gasteiger partial charge in [-0.3, -0.25) is 16.0 Å². The van der Waals surface area contributed by atoms with Crippen molar-refractivity contribution in [2.45, 2.75) is 65.0 Å². The normalized spacial score (nSPS) is 18.1. The van der Waals surface area contributed by atoms with E-state index in [0.29, 0.717) is 12.0 Å². The molecule has 0 amide bonds. The predicted octanol–water partition coefficient (Wildman–Crippen LogP) is 2.68. The first kappa shape index (κ1) is 14.8. The number of aromatic nitrogens is 2. The minimum absolute atomic E-state index is 0.312. The lowest BCUT2D eigenvalue weighted by Crippen LogP contribution is -2.42. The maximum atomic E-state index is 6.46. The summed E-state index contributed by atoms with van der Waals surface area (Å²) in [5.74, 6) is 6.43. The monoisotopic (exact) mass is 284 g/mol. The third kappa shape index (κ3) is 3.12. The predicted molar refractivity (Wildman–Crippen MR) is 79.1 cm³/mol. The molecule has 1 saturated carbocycles. The summed E-state index contributed by atoms with van der Waals surface area (Å²) in [7, 11) is 0. The van der Waals surface area contributed by atoms with E-state index in [1.807, 2.05) is 4.68 Å². The molecule has 0 aromatic carbocycles. The van der Waals surface area contributed by atoms with E-state index in [1.165, 1.54) is 25.7 Å². The Kier molecular flexibility index (Phi) is 5.25. The van der Waals surface area contributed by atoms with Crippen LogP contribution in [0.4, 0.5) is 0 Å². The third-order valence-electron chi connectivity index (χ3n) is 4.29. The first-order valence-electron chi connectivity index (χ1n) is 7.41. The number of aryl methyl sites for hydroxylation is 2. The lowest BCUT2D eigenvalue weighted by molar-refractivity contribution is 0.354. The standard InChI is InChI=1S/C14H25ClN4/c1-3-11-14(15)13(19(4-2)18-11)9-12(17-16)10-7-5-6-8-10/h10,12,17H,3-9,16H2,1-2H3. The quantitative estimate of drug-likeness (QED) is 0.624. The number of hydrogen-bond donors (Lipinski definition) is 2. The molecular formula is C14H25ClN4. The Labute approximate surface area is 120 Å². The molecule has 4 nitrogen and oxygen atoms in total. The molecular weight excluding hydrogens is 260 g/mol. The van der Waals surface area contributed by atoms with Crippen molar-refractivity contribution in [2.75, 3.05) is 0 Å². The van der Waals surface area contributed by atoms with Crippen molar-refractivity contribution in [3.63, 3.8) is 0 Å². The Bertz CT molecular complexity index is 410. The molecule has 1 aliphatic carbocycles. The van der Waals surface area contributed by atoms with Crippen LogP contribution < -0.4 is 11.3 Å². The van der Waals surface area contributed by atoms with E-state index in [9.17, 15) is 0 Å². The molecule has 1 aromatic heterocycles. The van der Waals surface area contributed by atoms with Gasteiger partial charge in [0.15, 0.2) is 0 Å². The maximum Gasteiger partial charge on any atom is 0.0850 e. The highest BCUT2D eigenvalue weighted by Crippen LogP contribution is 2.31. The summed E-state index contributed by atoms with van der Waals surface area (Å²) < 4.78 is 2.03. The van der Waals surface area contributed by atoms with Crippen LogP contribution in [0.25, 0.3) is 0 Å². The fourth-order valence-electron chi connectivity index (χ4n) is 3.14. The molecule has 3 N–H and O–H groups in total. The van der Waals surface area contributed by atoms with Crippen LogP contribution >= 0.6 is 11.6 Å². The highest BCUT2D eigenvalue weighted by atomic mass is 35.5. The van der Waals surface area contributed by atoms with Crippen LogP contribution in [0.3, 0.4) is 0 Å². The van der Waals surface area contributed by atoms with Gasteiger partial charge in [0.25, 0.3) is 0 Å². The van der Waals surface area contributed by atoms with E-state index in [4.69, 9.17) is 17.4 Å². The van der Waals surface area contributed by atoms with Gasteiger partial charge in [0.1, 0.15) is 0 Å². The Morgan fingerprint density at radius 2 is 2.11 bits per heavy atom. The molecule has 0 radical (unpaired) electrons. The van der Waals surface area contributed by atoms with Crippen molar-refractivity contribution in [3.05, 3.63) is 16.4 Å². The van der Waals surface area contributed by atoms with Gasteiger partial charge < -0.3 is 0 Å². The largest absolute Gasteiger partial charge is 0.271 e. The maximum absolute atomic E-state index is 6.46. The fourth-order valence-corrected chi connectivity index (χ4v) is 3.49. The van der Waals surface area contributed by atoms with Gasteiger partial charge in [-0.1, -0.05) is 31.4 Å². The lowest BCUT2D eigenvalue weighted by Gasteiger charge is -2.23. The molecule has 1 atom stereocenters. The summed E-state index contributed by atoms with van der Waals surface area (Å²) in [6.07, 6.45) is 6.94. The van der Waals surface area contributed by atoms with E-state index in [1.54, 1.807) is 0 Å². The van der Waals surface area contributed by atoms with Gasteiger partial charge in [-0.05, 0) is 32.1 Å². The summed E-state index contributed by atoms with van der Waals surface area (Å²) in [5, 5.41) is 5.41. The molecule has 1 aromatic rings. The SMILES string of the molecule is CCc1nn(CC)c(CC(NN)C2CCCC2)c1Cl. The highest BCUT2D eigenvalue weighted by Gasteiger charge is 2.27. The van der Waals surface area contributed by atoms with Gasteiger partial charge in [-0.25, -0.2) is 0 Å². The molecule has 1 fully saturated rings. The number of nitrogens with zero attached hydrogens (tertiary/aromatic N) is 2. The first-order chi connectivity index (χ1) is 9.21. The average molecular weight is 285 g/mol. The fraction of sp³-hybridized carbons (Fsp3) is 0.786. The van der Waals surface area contributed by atoms with Crippen LogP contribution in [0.5, 0.6) is 0 Å². The summed E-state index contributed by atoms with van der Waals surface area (Å²) in [5.41, 5.74) is 5.13. The molecule has 0 saturated heterocycles. The average Bonchev–Trinajstić information content (AvgIpc) is 3.04. The van der Waals surface area contributed by atoms with E-state index in [2.05, 4.69) is 24.4 Å². The Morgan fingerprint density at radius 1 is 1.42 bits per heavy atom. The van der Waals surface area contributed by atoms with Crippen molar-refractivity contribution >= 4 is 11.6 Å².